The fourth-order valence-corrected chi connectivity index (χ4v) is 2.62. The third-order valence-corrected chi connectivity index (χ3v) is 3.99. The first kappa shape index (κ1) is 18.1. The van der Waals surface area contributed by atoms with Gasteiger partial charge in [0.1, 0.15) is 0 Å². The molecule has 1 aliphatic heterocycles. The van der Waals surface area contributed by atoms with Gasteiger partial charge in [-0.05, 0) is 30.5 Å². The van der Waals surface area contributed by atoms with E-state index in [1.165, 1.54) is 4.90 Å². The second-order valence-corrected chi connectivity index (χ2v) is 5.78. The summed E-state index contributed by atoms with van der Waals surface area (Å²) >= 11 is 0. The summed E-state index contributed by atoms with van der Waals surface area (Å²) in [5.41, 5.74) is 6.22. The van der Waals surface area contributed by atoms with Gasteiger partial charge in [-0.2, -0.15) is 13.2 Å². The molecule has 2 rings (SSSR count). The summed E-state index contributed by atoms with van der Waals surface area (Å²) in [5, 5.41) is 0. The number of rotatable bonds is 3. The molecular weight excluding hydrogens is 323 g/mol. The Bertz CT molecular complexity index is 587. The molecule has 0 aliphatic carbocycles. The summed E-state index contributed by atoms with van der Waals surface area (Å²) in [6.07, 6.45) is -4.53. The smallest absolute Gasteiger partial charge is 0.351 e. The molecule has 0 radical (unpaired) electrons. The maximum Gasteiger partial charge on any atom is 0.389 e. The van der Waals surface area contributed by atoms with Gasteiger partial charge in [-0.25, -0.2) is 4.79 Å². The van der Waals surface area contributed by atoms with Gasteiger partial charge in [0.15, 0.2) is 0 Å². The van der Waals surface area contributed by atoms with Gasteiger partial charge in [-0.1, -0.05) is 12.1 Å². The highest BCUT2D eigenvalue weighted by Crippen LogP contribution is 2.22. The number of carbonyl (C=O) groups is 2. The van der Waals surface area contributed by atoms with Gasteiger partial charge in [0.05, 0.1) is 0 Å². The number of hydrogen-bond donors (Lipinski definition) is 1. The van der Waals surface area contributed by atoms with Crippen molar-refractivity contribution in [3.05, 3.63) is 35.4 Å². The van der Waals surface area contributed by atoms with Crippen LogP contribution in [-0.2, 0) is 6.42 Å². The molecule has 0 unspecified atom stereocenters. The number of amides is 3. The second kappa shape index (κ2) is 7.55. The van der Waals surface area contributed by atoms with Gasteiger partial charge in [0.2, 0.25) is 0 Å². The van der Waals surface area contributed by atoms with Crippen LogP contribution in [0.1, 0.15) is 28.8 Å². The molecule has 1 aromatic rings. The van der Waals surface area contributed by atoms with Crippen molar-refractivity contribution in [2.75, 3.05) is 26.2 Å². The van der Waals surface area contributed by atoms with Gasteiger partial charge in [-0.3, -0.25) is 4.79 Å². The molecule has 1 aromatic carbocycles. The number of carbonyl (C=O) groups excluding carboxylic acids is 2. The van der Waals surface area contributed by atoms with Gasteiger partial charge >= 0.3 is 12.2 Å². The molecule has 0 aromatic heterocycles. The lowest BCUT2D eigenvalue weighted by molar-refractivity contribution is -0.134. The van der Waals surface area contributed by atoms with E-state index >= 15 is 0 Å². The third-order valence-electron chi connectivity index (χ3n) is 3.99. The lowest BCUT2D eigenvalue weighted by Gasteiger charge is -2.21. The van der Waals surface area contributed by atoms with Crippen molar-refractivity contribution in [1.29, 1.82) is 0 Å². The number of alkyl halides is 3. The van der Waals surface area contributed by atoms with Gasteiger partial charge in [-0.15, -0.1) is 0 Å². The molecule has 8 heteroatoms. The van der Waals surface area contributed by atoms with Crippen LogP contribution in [0, 0.1) is 0 Å². The number of benzene rings is 1. The van der Waals surface area contributed by atoms with Crippen molar-refractivity contribution >= 4 is 11.9 Å². The van der Waals surface area contributed by atoms with Crippen molar-refractivity contribution in [3.63, 3.8) is 0 Å². The highest BCUT2D eigenvalue weighted by molar-refractivity contribution is 5.94. The van der Waals surface area contributed by atoms with Gasteiger partial charge in [0.25, 0.3) is 5.91 Å². The van der Waals surface area contributed by atoms with Crippen LogP contribution in [0.15, 0.2) is 24.3 Å². The molecule has 1 heterocycles. The van der Waals surface area contributed by atoms with E-state index in [0.717, 1.165) is 0 Å². The Kier molecular flexibility index (Phi) is 5.69. The van der Waals surface area contributed by atoms with E-state index in [0.29, 0.717) is 43.7 Å². The van der Waals surface area contributed by atoms with Gasteiger partial charge < -0.3 is 15.5 Å². The highest BCUT2D eigenvalue weighted by atomic mass is 19.4. The predicted octanol–water partition coefficient (Wildman–Crippen LogP) is 2.41. The summed E-state index contributed by atoms with van der Waals surface area (Å²) in [5.74, 6) is -0.191. The number of hydrogen-bond acceptors (Lipinski definition) is 2. The molecular formula is C16H20F3N3O2. The maximum absolute atomic E-state index is 12.5. The van der Waals surface area contributed by atoms with Crippen molar-refractivity contribution < 1.29 is 22.8 Å². The average Bonchev–Trinajstić information content (AvgIpc) is 2.78. The first-order valence-corrected chi connectivity index (χ1v) is 7.75. The van der Waals surface area contributed by atoms with Crippen molar-refractivity contribution in [3.8, 4) is 0 Å². The number of urea groups is 1. The molecule has 0 saturated carbocycles. The standard InChI is InChI=1S/C16H20F3N3O2/c17-16(18,19)7-6-12-2-4-13(5-3-12)14(23)21-8-1-9-22(11-10-21)15(20)24/h2-5H,1,6-11H2,(H2,20,24). The van der Waals surface area contributed by atoms with Crippen LogP contribution in [-0.4, -0.2) is 54.1 Å². The van der Waals surface area contributed by atoms with E-state index in [1.54, 1.807) is 29.2 Å². The number of nitrogens with zero attached hydrogens (tertiary/aromatic N) is 2. The molecule has 0 spiro atoms. The fraction of sp³-hybridized carbons (Fsp3) is 0.500. The predicted molar refractivity (Wildman–Crippen MR) is 82.5 cm³/mol. The van der Waals surface area contributed by atoms with E-state index in [1.807, 2.05) is 0 Å². The number of aryl methyl sites for hydroxylation is 1. The van der Waals surface area contributed by atoms with E-state index in [2.05, 4.69) is 0 Å². The molecule has 5 nitrogen and oxygen atoms in total. The molecule has 0 bridgehead atoms. The van der Waals surface area contributed by atoms with Crippen LogP contribution in [0.25, 0.3) is 0 Å². The normalized spacial score (nSPS) is 16.0. The van der Waals surface area contributed by atoms with Crippen LogP contribution < -0.4 is 5.73 Å². The molecule has 3 amide bonds. The first-order chi connectivity index (χ1) is 11.3. The van der Waals surface area contributed by atoms with Crippen molar-refractivity contribution in [1.82, 2.24) is 9.80 Å². The second-order valence-electron chi connectivity index (χ2n) is 5.78. The molecule has 2 N–H and O–H groups in total. The number of halogens is 3. The van der Waals surface area contributed by atoms with Crippen LogP contribution in [0.2, 0.25) is 0 Å². The summed E-state index contributed by atoms with van der Waals surface area (Å²) in [4.78, 5) is 26.8. The van der Waals surface area contributed by atoms with Crippen LogP contribution in [0.3, 0.4) is 0 Å². The zero-order valence-corrected chi connectivity index (χ0v) is 13.2. The summed E-state index contributed by atoms with van der Waals surface area (Å²) in [7, 11) is 0. The molecule has 1 fully saturated rings. The average molecular weight is 343 g/mol. The Morgan fingerprint density at radius 2 is 1.58 bits per heavy atom. The first-order valence-electron chi connectivity index (χ1n) is 7.75. The Labute approximate surface area is 138 Å². The Balaban J connectivity index is 1.96. The van der Waals surface area contributed by atoms with E-state index < -0.39 is 18.6 Å². The minimum absolute atomic E-state index is 0.102. The Hall–Kier alpha value is -2.25. The van der Waals surface area contributed by atoms with E-state index in [-0.39, 0.29) is 12.3 Å². The van der Waals surface area contributed by atoms with Crippen LogP contribution in [0.4, 0.5) is 18.0 Å². The Morgan fingerprint density at radius 1 is 1.00 bits per heavy atom. The van der Waals surface area contributed by atoms with Crippen LogP contribution >= 0.6 is 0 Å². The molecule has 1 saturated heterocycles. The summed E-state index contributed by atoms with van der Waals surface area (Å²) in [6.45, 7) is 1.79. The van der Waals surface area contributed by atoms with E-state index in [9.17, 15) is 22.8 Å². The summed E-state index contributed by atoms with van der Waals surface area (Å²) in [6, 6.07) is 5.69. The van der Waals surface area contributed by atoms with Crippen molar-refractivity contribution in [2.45, 2.75) is 25.4 Å². The minimum Gasteiger partial charge on any atom is -0.351 e. The van der Waals surface area contributed by atoms with Gasteiger partial charge in [0, 0.05) is 38.2 Å². The molecule has 132 valence electrons. The lowest BCUT2D eigenvalue weighted by Crippen LogP contribution is -2.39. The topological polar surface area (TPSA) is 66.6 Å². The summed E-state index contributed by atoms with van der Waals surface area (Å²) < 4.78 is 36.7. The maximum atomic E-state index is 12.5. The number of primary amides is 1. The zero-order valence-electron chi connectivity index (χ0n) is 13.2. The Morgan fingerprint density at radius 3 is 2.17 bits per heavy atom. The minimum atomic E-state index is -4.19. The molecule has 0 atom stereocenters. The lowest BCUT2D eigenvalue weighted by atomic mass is 10.1. The quantitative estimate of drug-likeness (QED) is 0.916. The monoisotopic (exact) mass is 343 g/mol. The zero-order chi connectivity index (χ0) is 17.7. The third kappa shape index (κ3) is 5.14. The SMILES string of the molecule is NC(=O)N1CCCN(C(=O)c2ccc(CCC(F)(F)F)cc2)CC1. The van der Waals surface area contributed by atoms with E-state index in [4.69, 9.17) is 5.73 Å². The molecule has 1 aliphatic rings. The fourth-order valence-electron chi connectivity index (χ4n) is 2.62. The van der Waals surface area contributed by atoms with Crippen molar-refractivity contribution in [2.24, 2.45) is 5.73 Å². The largest absolute Gasteiger partial charge is 0.389 e. The molecule has 24 heavy (non-hydrogen) atoms. The van der Waals surface area contributed by atoms with Crippen LogP contribution in [0.5, 0.6) is 0 Å². The highest BCUT2D eigenvalue weighted by Gasteiger charge is 2.26. The number of nitrogens with two attached hydrogens (primary N) is 1.